The monoisotopic (exact) mass is 549 g/mol. The quantitative estimate of drug-likeness (QED) is 0.441. The number of hydrogen-bond donors (Lipinski definition) is 2. The fourth-order valence-electron chi connectivity index (χ4n) is 6.25. The van der Waals surface area contributed by atoms with Gasteiger partial charge in [-0.25, -0.2) is 4.85 Å². The van der Waals surface area contributed by atoms with Crippen molar-refractivity contribution in [1.29, 1.82) is 0 Å². The number of aromatic nitrogens is 4. The molecule has 206 valence electrons. The van der Waals surface area contributed by atoms with Gasteiger partial charge in [0.2, 0.25) is 17.4 Å². The number of hydrogen-bond acceptors (Lipinski definition) is 11. The van der Waals surface area contributed by atoms with Gasteiger partial charge in [0.15, 0.2) is 0 Å². The molecule has 12 heteroatoms. The summed E-state index contributed by atoms with van der Waals surface area (Å²) >= 11 is 1.50. The molecule has 3 N–H and O–H groups in total. The Hall–Kier alpha value is -3.27. The summed E-state index contributed by atoms with van der Waals surface area (Å²) in [6, 6.07) is 2.57. The van der Waals surface area contributed by atoms with E-state index in [0.717, 1.165) is 74.7 Å². The molecule has 1 unspecified atom stereocenters. The number of likely N-dealkylation sites (N-methyl/N-ethyl adjacent to an activating group) is 1. The van der Waals surface area contributed by atoms with E-state index < -0.39 is 5.41 Å². The van der Waals surface area contributed by atoms with Crippen LogP contribution in [0, 0.1) is 6.57 Å². The van der Waals surface area contributed by atoms with Gasteiger partial charge in [-0.3, -0.25) is 4.90 Å². The van der Waals surface area contributed by atoms with Gasteiger partial charge in [-0.2, -0.15) is 15.0 Å². The predicted octanol–water partition coefficient (Wildman–Crippen LogP) is 3.63. The van der Waals surface area contributed by atoms with Crippen molar-refractivity contribution in [3.8, 4) is 17.5 Å². The number of nitrogens with two attached hydrogens (primary N) is 1. The number of rotatable bonds is 6. The maximum atomic E-state index is 7.74. The normalized spacial score (nSPS) is 24.4. The molecule has 3 aromatic rings. The third kappa shape index (κ3) is 4.73. The lowest BCUT2D eigenvalue weighted by molar-refractivity contribution is 0.112. The van der Waals surface area contributed by atoms with Gasteiger partial charge >= 0.3 is 6.01 Å². The van der Waals surface area contributed by atoms with Crippen LogP contribution in [0.5, 0.6) is 6.01 Å². The maximum absolute atomic E-state index is 7.74. The lowest BCUT2D eigenvalue weighted by Gasteiger charge is -2.31. The molecule has 11 nitrogen and oxygen atoms in total. The number of likely N-dealkylation sites (tertiary alicyclic amines) is 1. The van der Waals surface area contributed by atoms with E-state index in [1.54, 1.807) is 0 Å². The minimum atomic E-state index is -0.581. The van der Waals surface area contributed by atoms with E-state index in [0.29, 0.717) is 40.1 Å². The number of fused-ring (bicyclic) bond motifs is 1. The Bertz CT molecular complexity index is 1390. The zero-order valence-electron chi connectivity index (χ0n) is 22.7. The number of anilines is 2. The van der Waals surface area contributed by atoms with E-state index in [-0.39, 0.29) is 6.10 Å². The molecule has 39 heavy (non-hydrogen) atoms. The summed E-state index contributed by atoms with van der Waals surface area (Å²) in [6.45, 7) is 16.4. The van der Waals surface area contributed by atoms with Gasteiger partial charge in [0.1, 0.15) is 17.6 Å². The average Bonchev–Trinajstić information content (AvgIpc) is 3.68. The fraction of sp³-hybridized carbons (Fsp3) is 0.593. The second-order valence-corrected chi connectivity index (χ2v) is 12.1. The van der Waals surface area contributed by atoms with Crippen molar-refractivity contribution in [2.45, 2.75) is 63.5 Å². The van der Waals surface area contributed by atoms with E-state index in [9.17, 15) is 0 Å². The second-order valence-electron chi connectivity index (χ2n) is 11.0. The Morgan fingerprint density at radius 2 is 2.08 bits per heavy atom. The van der Waals surface area contributed by atoms with Crippen molar-refractivity contribution in [3.05, 3.63) is 33.8 Å². The molecule has 3 aromatic heterocycles. The van der Waals surface area contributed by atoms with Gasteiger partial charge in [-0.05, 0) is 70.0 Å². The highest BCUT2D eigenvalue weighted by molar-refractivity contribution is 7.16. The number of aryl methyl sites for hydroxylation is 1. The zero-order chi connectivity index (χ0) is 27.1. The van der Waals surface area contributed by atoms with Crippen molar-refractivity contribution >= 4 is 27.8 Å². The molecule has 2 saturated heterocycles. The topological polar surface area (TPSA) is 123 Å². The Labute approximate surface area is 232 Å². The number of nitrogens with one attached hydrogen (secondary N) is 1. The van der Waals surface area contributed by atoms with Gasteiger partial charge in [0, 0.05) is 38.3 Å². The molecule has 0 saturated carbocycles. The number of piperazine rings is 1. The molecule has 2 fully saturated rings. The lowest BCUT2D eigenvalue weighted by Crippen LogP contribution is -2.44. The Balaban J connectivity index is 1.36. The van der Waals surface area contributed by atoms with Gasteiger partial charge in [-0.1, -0.05) is 5.16 Å². The molecule has 0 aromatic carbocycles. The SMILES string of the molecule is [C-]#[N+]c1c(N)sc2c1[C@@](C)(c1nc(-c3cc(N4CCNCC4)nc(O[C@@H](C)C4CCCN4C)n3)no1)CCC2. The summed E-state index contributed by atoms with van der Waals surface area (Å²) in [7, 11) is 2.14. The summed E-state index contributed by atoms with van der Waals surface area (Å²) in [5.41, 5.74) is 7.65. The van der Waals surface area contributed by atoms with Gasteiger partial charge < -0.3 is 25.2 Å². The highest BCUT2D eigenvalue weighted by atomic mass is 32.1. The molecule has 0 amide bonds. The van der Waals surface area contributed by atoms with Crippen molar-refractivity contribution in [3.63, 3.8) is 0 Å². The van der Waals surface area contributed by atoms with E-state index in [4.69, 9.17) is 36.5 Å². The average molecular weight is 550 g/mol. The van der Waals surface area contributed by atoms with E-state index >= 15 is 0 Å². The molecule has 0 radical (unpaired) electrons. The minimum Gasteiger partial charge on any atom is -0.459 e. The highest BCUT2D eigenvalue weighted by Gasteiger charge is 2.43. The van der Waals surface area contributed by atoms with Crippen molar-refractivity contribution in [2.24, 2.45) is 0 Å². The Kier molecular flexibility index (Phi) is 6.91. The van der Waals surface area contributed by atoms with Crippen LogP contribution in [0.15, 0.2) is 10.6 Å². The van der Waals surface area contributed by atoms with Crippen LogP contribution in [0.1, 0.15) is 55.9 Å². The molecule has 2 aliphatic heterocycles. The highest BCUT2D eigenvalue weighted by Crippen LogP contribution is 2.52. The van der Waals surface area contributed by atoms with E-state index in [1.807, 2.05) is 6.07 Å². The molecular weight excluding hydrogens is 514 g/mol. The second kappa shape index (κ2) is 10.4. The molecule has 6 rings (SSSR count). The molecular formula is C27H35N9O2S. The van der Waals surface area contributed by atoms with Crippen LogP contribution in [0.2, 0.25) is 0 Å². The van der Waals surface area contributed by atoms with Gasteiger partial charge in [0.25, 0.3) is 0 Å². The van der Waals surface area contributed by atoms with Crippen molar-refractivity contribution in [1.82, 2.24) is 30.3 Å². The Morgan fingerprint density at radius 1 is 1.26 bits per heavy atom. The molecule has 0 bridgehead atoms. The summed E-state index contributed by atoms with van der Waals surface area (Å²) in [4.78, 5) is 23.9. The first-order valence-corrected chi connectivity index (χ1v) is 14.5. The molecule has 1 aliphatic carbocycles. The van der Waals surface area contributed by atoms with Gasteiger partial charge in [0.05, 0.1) is 17.0 Å². The fourth-order valence-corrected chi connectivity index (χ4v) is 7.43. The third-order valence-corrected chi connectivity index (χ3v) is 9.46. The van der Waals surface area contributed by atoms with Crippen LogP contribution >= 0.6 is 11.3 Å². The first-order chi connectivity index (χ1) is 18.9. The third-order valence-electron chi connectivity index (χ3n) is 8.40. The number of nitrogen functional groups attached to an aromatic ring is 1. The summed E-state index contributed by atoms with van der Waals surface area (Å²) < 4.78 is 12.2. The van der Waals surface area contributed by atoms with Crippen LogP contribution in [-0.4, -0.2) is 76.9 Å². The van der Waals surface area contributed by atoms with Crippen molar-refractivity contribution in [2.75, 3.05) is 50.4 Å². The minimum absolute atomic E-state index is 0.0554. The summed E-state index contributed by atoms with van der Waals surface area (Å²) in [5.74, 6) is 1.66. The van der Waals surface area contributed by atoms with E-state index in [1.165, 1.54) is 17.8 Å². The predicted molar refractivity (Wildman–Crippen MR) is 151 cm³/mol. The first kappa shape index (κ1) is 26.0. The van der Waals surface area contributed by atoms with Gasteiger partial charge in [-0.15, -0.1) is 11.3 Å². The molecule has 5 heterocycles. The summed E-state index contributed by atoms with van der Waals surface area (Å²) in [5, 5.41) is 8.31. The molecule has 3 aliphatic rings. The van der Waals surface area contributed by atoms with E-state index in [2.05, 4.69) is 46.0 Å². The van der Waals surface area contributed by atoms with Crippen LogP contribution < -0.4 is 20.7 Å². The standard InChI is InChI=1S/C27H35N9O2S/c1-16(18-7-6-12-35(18)4)37-26-31-17(15-20(32-26)36-13-10-30-11-14-36)24-33-25(38-34-24)27(2)9-5-8-19-21(27)22(29-3)23(28)39-19/h15-16,18,30H,5-14,28H2,1-2,4H3/t16-,18?,27-/m0/s1. The van der Waals surface area contributed by atoms with Crippen LogP contribution in [0.3, 0.4) is 0 Å². The van der Waals surface area contributed by atoms with Crippen LogP contribution in [0.25, 0.3) is 16.4 Å². The number of ether oxygens (including phenoxy) is 1. The van der Waals surface area contributed by atoms with Crippen LogP contribution in [0.4, 0.5) is 16.5 Å². The smallest absolute Gasteiger partial charge is 0.319 e. The molecule has 0 spiro atoms. The summed E-state index contributed by atoms with van der Waals surface area (Å²) in [6.07, 6.45) is 4.88. The number of thiophene rings is 1. The zero-order valence-corrected chi connectivity index (χ0v) is 23.6. The lowest BCUT2D eigenvalue weighted by atomic mass is 9.73. The van der Waals surface area contributed by atoms with Crippen molar-refractivity contribution < 1.29 is 9.26 Å². The largest absolute Gasteiger partial charge is 0.459 e. The Morgan fingerprint density at radius 3 is 2.82 bits per heavy atom. The molecule has 3 atom stereocenters. The number of nitrogens with zero attached hydrogens (tertiary/aromatic N) is 7. The first-order valence-electron chi connectivity index (χ1n) is 13.7. The van der Waals surface area contributed by atoms with Crippen LogP contribution in [-0.2, 0) is 11.8 Å². The maximum Gasteiger partial charge on any atom is 0.319 e.